The maximum absolute atomic E-state index is 5.54. The van der Waals surface area contributed by atoms with Crippen LogP contribution in [0.5, 0.6) is 5.88 Å². The summed E-state index contributed by atoms with van der Waals surface area (Å²) in [6, 6.07) is 1.83. The van der Waals surface area contributed by atoms with Crippen LogP contribution in [0.4, 0.5) is 5.95 Å². The predicted molar refractivity (Wildman–Crippen MR) is 76.7 cm³/mol. The molecule has 0 fully saturated rings. The van der Waals surface area contributed by atoms with E-state index in [2.05, 4.69) is 20.3 Å². The Morgan fingerprint density at radius 1 is 1.26 bits per heavy atom. The molecule has 2 aromatic heterocycles. The van der Waals surface area contributed by atoms with Gasteiger partial charge < -0.3 is 10.1 Å². The number of thiazole rings is 1. The first-order valence-electron chi connectivity index (χ1n) is 6.23. The van der Waals surface area contributed by atoms with Crippen molar-refractivity contribution in [1.29, 1.82) is 0 Å². The van der Waals surface area contributed by atoms with E-state index in [1.807, 2.05) is 33.9 Å². The number of anilines is 1. The molecular weight excluding hydrogens is 260 g/mol. The highest BCUT2D eigenvalue weighted by molar-refractivity contribution is 7.11. The molecule has 5 nitrogen and oxygen atoms in total. The van der Waals surface area contributed by atoms with Crippen LogP contribution in [-0.4, -0.2) is 21.1 Å². The van der Waals surface area contributed by atoms with Crippen LogP contribution in [-0.2, 0) is 0 Å². The molecule has 0 saturated carbocycles. The second-order valence-corrected chi connectivity index (χ2v) is 5.83. The Kier molecular flexibility index (Phi) is 4.31. The molecule has 2 aromatic rings. The zero-order chi connectivity index (χ0) is 13.8. The fourth-order valence-electron chi connectivity index (χ4n) is 1.55. The molecule has 0 aromatic carbocycles. The van der Waals surface area contributed by atoms with Crippen LogP contribution in [0.25, 0.3) is 0 Å². The molecule has 0 aliphatic heterocycles. The van der Waals surface area contributed by atoms with Crippen LogP contribution in [0.2, 0.25) is 0 Å². The van der Waals surface area contributed by atoms with Gasteiger partial charge in [-0.3, -0.25) is 0 Å². The van der Waals surface area contributed by atoms with Crippen molar-refractivity contribution in [3.8, 4) is 5.88 Å². The summed E-state index contributed by atoms with van der Waals surface area (Å²) >= 11 is 1.67. The highest BCUT2D eigenvalue weighted by Crippen LogP contribution is 2.22. The van der Waals surface area contributed by atoms with Gasteiger partial charge in [0.1, 0.15) is 5.01 Å². The minimum Gasteiger partial charge on any atom is -0.475 e. The number of aromatic nitrogens is 3. The first kappa shape index (κ1) is 13.7. The van der Waals surface area contributed by atoms with E-state index in [-0.39, 0.29) is 12.1 Å². The summed E-state index contributed by atoms with van der Waals surface area (Å²) in [5, 5.41) is 4.26. The van der Waals surface area contributed by atoms with Crippen molar-refractivity contribution < 1.29 is 4.74 Å². The molecule has 0 radical (unpaired) electrons. The van der Waals surface area contributed by atoms with Gasteiger partial charge in [-0.15, -0.1) is 11.3 Å². The Hall–Kier alpha value is -1.69. The lowest BCUT2D eigenvalue weighted by Gasteiger charge is -2.13. The number of ether oxygens (including phenoxy) is 1. The summed E-state index contributed by atoms with van der Waals surface area (Å²) in [5.74, 6) is 1.13. The molecule has 102 valence electrons. The maximum Gasteiger partial charge on any atom is 0.226 e. The summed E-state index contributed by atoms with van der Waals surface area (Å²) in [5.41, 5.74) is 0. The third-order valence-corrected chi connectivity index (χ3v) is 3.44. The van der Waals surface area contributed by atoms with Crippen LogP contribution < -0.4 is 10.1 Å². The standard InChI is InChI=1S/C13H18N4OS/c1-8(2)18-11-5-6-14-13(17-11)16-10(4)12-15-7-9(3)19-12/h5-8,10H,1-4H3,(H,14,16,17). The summed E-state index contributed by atoms with van der Waals surface area (Å²) in [4.78, 5) is 14.1. The fraction of sp³-hybridized carbons (Fsp3) is 0.462. The molecule has 1 N–H and O–H groups in total. The minimum absolute atomic E-state index is 0.0769. The van der Waals surface area contributed by atoms with E-state index < -0.39 is 0 Å². The fourth-order valence-corrected chi connectivity index (χ4v) is 2.32. The lowest BCUT2D eigenvalue weighted by Crippen LogP contribution is -2.11. The lowest BCUT2D eigenvalue weighted by molar-refractivity contribution is 0.232. The van der Waals surface area contributed by atoms with E-state index in [4.69, 9.17) is 4.74 Å². The molecule has 2 rings (SSSR count). The Morgan fingerprint density at radius 2 is 2.05 bits per heavy atom. The van der Waals surface area contributed by atoms with Gasteiger partial charge >= 0.3 is 0 Å². The maximum atomic E-state index is 5.54. The molecule has 0 aliphatic rings. The highest BCUT2D eigenvalue weighted by Gasteiger charge is 2.11. The largest absolute Gasteiger partial charge is 0.475 e. The summed E-state index contributed by atoms with van der Waals surface area (Å²) in [6.07, 6.45) is 3.66. The van der Waals surface area contributed by atoms with Gasteiger partial charge in [0.2, 0.25) is 11.8 Å². The molecule has 0 spiro atoms. The minimum atomic E-state index is 0.0769. The van der Waals surface area contributed by atoms with Gasteiger partial charge in [0.05, 0.1) is 12.1 Å². The molecule has 0 saturated heterocycles. The van der Waals surface area contributed by atoms with Crippen LogP contribution >= 0.6 is 11.3 Å². The lowest BCUT2D eigenvalue weighted by atomic mass is 10.3. The van der Waals surface area contributed by atoms with E-state index in [0.717, 1.165) is 5.01 Å². The van der Waals surface area contributed by atoms with E-state index in [9.17, 15) is 0 Å². The number of nitrogens with one attached hydrogen (secondary N) is 1. The van der Waals surface area contributed by atoms with Crippen molar-refractivity contribution in [1.82, 2.24) is 15.0 Å². The van der Waals surface area contributed by atoms with Crippen molar-refractivity contribution >= 4 is 17.3 Å². The van der Waals surface area contributed by atoms with Gasteiger partial charge in [-0.1, -0.05) is 0 Å². The van der Waals surface area contributed by atoms with Crippen molar-refractivity contribution in [2.75, 3.05) is 5.32 Å². The summed E-state index contributed by atoms with van der Waals surface area (Å²) < 4.78 is 5.54. The summed E-state index contributed by atoms with van der Waals surface area (Å²) in [6.45, 7) is 8.02. The van der Waals surface area contributed by atoms with Crippen molar-refractivity contribution in [2.24, 2.45) is 0 Å². The van der Waals surface area contributed by atoms with Gasteiger partial charge in [-0.2, -0.15) is 4.98 Å². The quantitative estimate of drug-likeness (QED) is 0.910. The van der Waals surface area contributed by atoms with Gasteiger partial charge in [-0.25, -0.2) is 9.97 Å². The van der Waals surface area contributed by atoms with Crippen molar-refractivity contribution in [3.05, 3.63) is 28.3 Å². The molecule has 1 unspecified atom stereocenters. The molecule has 0 bridgehead atoms. The molecular formula is C13H18N4OS. The molecule has 0 amide bonds. The van der Waals surface area contributed by atoms with Crippen LogP contribution in [0.1, 0.15) is 36.7 Å². The Labute approximate surface area is 117 Å². The van der Waals surface area contributed by atoms with Crippen LogP contribution in [0, 0.1) is 6.92 Å². The first-order chi connectivity index (χ1) is 9.04. The van der Waals surface area contributed by atoms with Crippen molar-refractivity contribution in [3.63, 3.8) is 0 Å². The Balaban J connectivity index is 2.06. The molecule has 1 atom stereocenters. The number of hydrogen-bond donors (Lipinski definition) is 1. The van der Waals surface area contributed by atoms with Gasteiger partial charge in [0, 0.05) is 23.3 Å². The van der Waals surface area contributed by atoms with Gasteiger partial charge in [0.15, 0.2) is 0 Å². The number of rotatable bonds is 5. The topological polar surface area (TPSA) is 59.9 Å². The SMILES string of the molecule is Cc1cnc(C(C)Nc2nccc(OC(C)C)n2)s1. The zero-order valence-corrected chi connectivity index (χ0v) is 12.4. The normalized spacial score (nSPS) is 12.5. The molecule has 2 heterocycles. The van der Waals surface area contributed by atoms with E-state index >= 15 is 0 Å². The predicted octanol–water partition coefficient (Wildman–Crippen LogP) is 3.20. The third kappa shape index (κ3) is 3.89. The van der Waals surface area contributed by atoms with Crippen LogP contribution in [0.3, 0.4) is 0 Å². The average Bonchev–Trinajstić information content (AvgIpc) is 2.75. The monoisotopic (exact) mass is 278 g/mol. The smallest absolute Gasteiger partial charge is 0.226 e. The number of nitrogens with zero attached hydrogens (tertiary/aromatic N) is 3. The van der Waals surface area contributed by atoms with E-state index in [1.54, 1.807) is 23.6 Å². The van der Waals surface area contributed by atoms with E-state index in [1.165, 1.54) is 4.88 Å². The van der Waals surface area contributed by atoms with Crippen LogP contribution in [0.15, 0.2) is 18.5 Å². The van der Waals surface area contributed by atoms with Crippen molar-refractivity contribution in [2.45, 2.75) is 39.8 Å². The number of hydrogen-bond acceptors (Lipinski definition) is 6. The van der Waals surface area contributed by atoms with Gasteiger partial charge in [-0.05, 0) is 27.7 Å². The third-order valence-electron chi connectivity index (χ3n) is 2.34. The molecule has 6 heteroatoms. The highest BCUT2D eigenvalue weighted by atomic mass is 32.1. The average molecular weight is 278 g/mol. The molecule has 19 heavy (non-hydrogen) atoms. The summed E-state index contributed by atoms with van der Waals surface area (Å²) in [7, 11) is 0. The second kappa shape index (κ2) is 5.97. The Morgan fingerprint density at radius 3 is 2.68 bits per heavy atom. The zero-order valence-electron chi connectivity index (χ0n) is 11.5. The second-order valence-electron chi connectivity index (χ2n) is 4.56. The van der Waals surface area contributed by atoms with Gasteiger partial charge in [0.25, 0.3) is 0 Å². The Bertz CT molecular complexity index is 541. The van der Waals surface area contributed by atoms with E-state index in [0.29, 0.717) is 11.8 Å². The number of aryl methyl sites for hydroxylation is 1. The first-order valence-corrected chi connectivity index (χ1v) is 7.05. The molecule has 0 aliphatic carbocycles.